The van der Waals surface area contributed by atoms with E-state index in [1.54, 1.807) is 26.8 Å². The van der Waals surface area contributed by atoms with Crippen LogP contribution in [-0.4, -0.2) is 36.6 Å². The second-order valence-corrected chi connectivity index (χ2v) is 6.91. The van der Waals surface area contributed by atoms with Gasteiger partial charge in [0.1, 0.15) is 5.60 Å². The van der Waals surface area contributed by atoms with Gasteiger partial charge in [-0.3, -0.25) is 5.32 Å². The lowest BCUT2D eigenvalue weighted by Crippen LogP contribution is -2.27. The Morgan fingerprint density at radius 2 is 1.91 bits per heavy atom. The van der Waals surface area contributed by atoms with Crippen LogP contribution in [-0.2, 0) is 11.2 Å². The van der Waals surface area contributed by atoms with Crippen molar-refractivity contribution in [3.8, 4) is 11.5 Å². The van der Waals surface area contributed by atoms with Gasteiger partial charge >= 0.3 is 6.09 Å². The fourth-order valence-corrected chi connectivity index (χ4v) is 2.33. The Morgan fingerprint density at radius 1 is 1.26 bits per heavy atom. The van der Waals surface area contributed by atoms with Crippen molar-refractivity contribution in [1.29, 1.82) is 0 Å². The Morgan fingerprint density at radius 3 is 2.39 bits per heavy atom. The topological polar surface area (TPSA) is 77.0 Å². The minimum absolute atomic E-state index is 0.421. The SMILES string of the molecule is COc1cc(CC2(O)CC2)cc(NC(=O)OC(C)(C)C)c1OC. The van der Waals surface area contributed by atoms with E-state index < -0.39 is 17.3 Å². The van der Waals surface area contributed by atoms with Crippen LogP contribution in [0.15, 0.2) is 12.1 Å². The minimum atomic E-state index is -0.636. The standard InChI is InChI=1S/C17H25NO5/c1-16(2,3)23-15(19)18-12-8-11(10-17(20)6-7-17)9-13(21-4)14(12)22-5/h8-9,20H,6-7,10H2,1-5H3,(H,18,19). The summed E-state index contributed by atoms with van der Waals surface area (Å²) >= 11 is 0. The first-order chi connectivity index (χ1) is 10.7. The van der Waals surface area contributed by atoms with E-state index in [1.807, 2.05) is 6.07 Å². The molecule has 0 radical (unpaired) electrons. The molecule has 0 spiro atoms. The highest BCUT2D eigenvalue weighted by atomic mass is 16.6. The molecular formula is C17H25NO5. The second-order valence-electron chi connectivity index (χ2n) is 6.91. The van der Waals surface area contributed by atoms with E-state index in [4.69, 9.17) is 14.2 Å². The average Bonchev–Trinajstić information content (AvgIpc) is 3.13. The van der Waals surface area contributed by atoms with Crippen LogP contribution < -0.4 is 14.8 Å². The Kier molecular flexibility index (Phi) is 4.75. The average molecular weight is 323 g/mol. The van der Waals surface area contributed by atoms with Gasteiger partial charge in [-0.15, -0.1) is 0 Å². The molecule has 0 bridgehead atoms. The second kappa shape index (κ2) is 6.28. The van der Waals surface area contributed by atoms with Crippen molar-refractivity contribution >= 4 is 11.8 Å². The van der Waals surface area contributed by atoms with Crippen molar-refractivity contribution in [2.45, 2.75) is 51.2 Å². The Bertz CT molecular complexity index is 587. The summed E-state index contributed by atoms with van der Waals surface area (Å²) in [5.74, 6) is 0.921. The molecule has 6 heteroatoms. The molecule has 0 saturated heterocycles. The molecule has 23 heavy (non-hydrogen) atoms. The maximum Gasteiger partial charge on any atom is 0.412 e. The van der Waals surface area contributed by atoms with Crippen LogP contribution in [0.5, 0.6) is 11.5 Å². The fraction of sp³-hybridized carbons (Fsp3) is 0.588. The number of carbonyl (C=O) groups is 1. The van der Waals surface area contributed by atoms with Crippen LogP contribution in [0.25, 0.3) is 0 Å². The largest absolute Gasteiger partial charge is 0.493 e. The quantitative estimate of drug-likeness (QED) is 0.870. The van der Waals surface area contributed by atoms with E-state index >= 15 is 0 Å². The molecule has 2 rings (SSSR count). The number of nitrogens with one attached hydrogen (secondary N) is 1. The predicted octanol–water partition coefficient (Wildman–Crippen LogP) is 3.12. The van der Waals surface area contributed by atoms with Crippen molar-refractivity contribution in [3.63, 3.8) is 0 Å². The van der Waals surface area contributed by atoms with Crippen LogP contribution in [0.3, 0.4) is 0 Å². The van der Waals surface area contributed by atoms with Gasteiger partial charge in [-0.05, 0) is 51.3 Å². The summed E-state index contributed by atoms with van der Waals surface area (Å²) in [6.45, 7) is 5.39. The predicted molar refractivity (Wildman–Crippen MR) is 87.3 cm³/mol. The number of hydrogen-bond acceptors (Lipinski definition) is 5. The van der Waals surface area contributed by atoms with Gasteiger partial charge in [0.25, 0.3) is 0 Å². The van der Waals surface area contributed by atoms with Gasteiger partial charge in [0.15, 0.2) is 11.5 Å². The maximum atomic E-state index is 12.0. The van der Waals surface area contributed by atoms with Crippen molar-refractivity contribution in [2.75, 3.05) is 19.5 Å². The molecule has 128 valence electrons. The third-order valence-electron chi connectivity index (χ3n) is 3.53. The summed E-state index contributed by atoms with van der Waals surface area (Å²) in [7, 11) is 3.04. The van der Waals surface area contributed by atoms with Gasteiger partial charge in [-0.1, -0.05) is 0 Å². The first-order valence-corrected chi connectivity index (χ1v) is 7.63. The van der Waals surface area contributed by atoms with E-state index in [0.717, 1.165) is 18.4 Å². The first-order valence-electron chi connectivity index (χ1n) is 7.63. The molecule has 1 aromatic rings. The molecule has 6 nitrogen and oxygen atoms in total. The number of hydrogen-bond donors (Lipinski definition) is 2. The lowest BCUT2D eigenvalue weighted by atomic mass is 10.0. The number of aliphatic hydroxyl groups is 1. The van der Waals surface area contributed by atoms with Crippen molar-refractivity contribution in [3.05, 3.63) is 17.7 Å². The molecule has 0 unspecified atom stereocenters. The smallest absolute Gasteiger partial charge is 0.412 e. The van der Waals surface area contributed by atoms with Crippen molar-refractivity contribution < 1.29 is 24.1 Å². The van der Waals surface area contributed by atoms with E-state index in [-0.39, 0.29) is 0 Å². The van der Waals surface area contributed by atoms with Crippen LogP contribution in [0.1, 0.15) is 39.2 Å². The number of ether oxygens (including phenoxy) is 3. The highest BCUT2D eigenvalue weighted by molar-refractivity contribution is 5.88. The van der Waals surface area contributed by atoms with E-state index in [0.29, 0.717) is 23.6 Å². The van der Waals surface area contributed by atoms with E-state index in [1.165, 1.54) is 14.2 Å². The molecule has 1 aliphatic rings. The Labute approximate surface area is 136 Å². The summed E-state index contributed by atoms with van der Waals surface area (Å²) in [4.78, 5) is 12.0. The maximum absolute atomic E-state index is 12.0. The number of carbonyl (C=O) groups excluding carboxylic acids is 1. The van der Waals surface area contributed by atoms with Crippen molar-refractivity contribution in [1.82, 2.24) is 0 Å². The van der Waals surface area contributed by atoms with Crippen LogP contribution in [0.2, 0.25) is 0 Å². The Hall–Kier alpha value is -1.95. The van der Waals surface area contributed by atoms with Crippen LogP contribution in [0, 0.1) is 0 Å². The zero-order valence-corrected chi connectivity index (χ0v) is 14.4. The monoisotopic (exact) mass is 323 g/mol. The molecule has 1 fully saturated rings. The zero-order chi connectivity index (χ0) is 17.3. The number of methoxy groups -OCH3 is 2. The van der Waals surface area contributed by atoms with Gasteiger partial charge < -0.3 is 19.3 Å². The lowest BCUT2D eigenvalue weighted by molar-refractivity contribution is 0.0635. The van der Waals surface area contributed by atoms with E-state index in [9.17, 15) is 9.90 Å². The molecule has 0 atom stereocenters. The summed E-state index contributed by atoms with van der Waals surface area (Å²) in [5.41, 5.74) is 0.0967. The molecule has 0 aliphatic heterocycles. The number of anilines is 1. The fourth-order valence-electron chi connectivity index (χ4n) is 2.33. The molecule has 0 aromatic heterocycles. The van der Waals surface area contributed by atoms with Crippen LogP contribution >= 0.6 is 0 Å². The lowest BCUT2D eigenvalue weighted by Gasteiger charge is -2.21. The number of amides is 1. The summed E-state index contributed by atoms with van der Waals surface area (Å²) in [6, 6.07) is 3.59. The van der Waals surface area contributed by atoms with Crippen LogP contribution in [0.4, 0.5) is 10.5 Å². The molecule has 1 saturated carbocycles. The molecule has 2 N–H and O–H groups in total. The Balaban J connectivity index is 2.27. The van der Waals surface area contributed by atoms with E-state index in [2.05, 4.69) is 5.32 Å². The number of benzene rings is 1. The van der Waals surface area contributed by atoms with Gasteiger partial charge in [-0.2, -0.15) is 0 Å². The third-order valence-corrected chi connectivity index (χ3v) is 3.53. The molecule has 1 aliphatic carbocycles. The molecule has 1 amide bonds. The van der Waals surface area contributed by atoms with Gasteiger partial charge in [-0.25, -0.2) is 4.79 Å². The summed E-state index contributed by atoms with van der Waals surface area (Å²) in [6.07, 6.45) is 1.52. The van der Waals surface area contributed by atoms with Gasteiger partial charge in [0.2, 0.25) is 0 Å². The summed E-state index contributed by atoms with van der Waals surface area (Å²) in [5, 5.41) is 12.8. The molecule has 0 heterocycles. The number of rotatable bonds is 5. The molecule has 1 aromatic carbocycles. The highest BCUT2D eigenvalue weighted by Gasteiger charge is 2.40. The normalized spacial score (nSPS) is 15.7. The molecular weight excluding hydrogens is 298 g/mol. The van der Waals surface area contributed by atoms with Gasteiger partial charge in [0, 0.05) is 6.42 Å². The van der Waals surface area contributed by atoms with Crippen molar-refractivity contribution in [2.24, 2.45) is 0 Å². The minimum Gasteiger partial charge on any atom is -0.493 e. The van der Waals surface area contributed by atoms with Gasteiger partial charge in [0.05, 0.1) is 25.5 Å². The third kappa shape index (κ3) is 4.76. The first kappa shape index (κ1) is 17.4. The zero-order valence-electron chi connectivity index (χ0n) is 14.4. The highest BCUT2D eigenvalue weighted by Crippen LogP contribution is 2.42. The summed E-state index contributed by atoms with van der Waals surface area (Å²) < 4.78 is 15.9.